The summed E-state index contributed by atoms with van der Waals surface area (Å²) in [6, 6.07) is 0.0499. The van der Waals surface area contributed by atoms with E-state index in [2.05, 4.69) is 5.10 Å². The summed E-state index contributed by atoms with van der Waals surface area (Å²) in [5.41, 5.74) is -5.70. The highest BCUT2D eigenvalue weighted by atomic mass is 16.7. The molecule has 0 bridgehead atoms. The summed E-state index contributed by atoms with van der Waals surface area (Å²) in [6.07, 6.45) is -12.0. The average Bonchev–Trinajstić information content (AvgIpc) is 1.59. The highest BCUT2D eigenvalue weighted by Crippen LogP contribution is 2.40. The Bertz CT molecular complexity index is 2450. The monoisotopic (exact) mass is 1300 g/mol. The van der Waals surface area contributed by atoms with Crippen molar-refractivity contribution in [2.45, 2.75) is 289 Å². The summed E-state index contributed by atoms with van der Waals surface area (Å²) < 4.78 is 44.5. The van der Waals surface area contributed by atoms with Crippen LogP contribution in [-0.2, 0) is 49.8 Å². The summed E-state index contributed by atoms with van der Waals surface area (Å²) in [7, 11) is 12.8. The normalized spacial score (nSPS) is 44.7. The second-order valence-corrected chi connectivity index (χ2v) is 29.4. The predicted octanol–water partition coefficient (Wildman–Crippen LogP) is 2.86. The fourth-order valence-electron chi connectivity index (χ4n) is 14.6. The Labute approximate surface area is 542 Å². The largest absolute Gasteiger partial charge is 0.459 e. The topological polar surface area (TPSA) is 329 Å². The Morgan fingerprint density at radius 3 is 1.35 bits per heavy atom. The molecule has 91 heavy (non-hydrogen) atoms. The van der Waals surface area contributed by atoms with Gasteiger partial charge in [-0.2, -0.15) is 5.10 Å². The van der Waals surface area contributed by atoms with Gasteiger partial charge in [0.05, 0.1) is 71.4 Å². The minimum Gasteiger partial charge on any atom is -0.459 e. The van der Waals surface area contributed by atoms with E-state index in [-0.39, 0.29) is 67.5 Å². The van der Waals surface area contributed by atoms with Gasteiger partial charge in [0.1, 0.15) is 47.4 Å². The van der Waals surface area contributed by atoms with E-state index in [1.54, 1.807) is 75.4 Å². The lowest BCUT2D eigenvalue weighted by atomic mass is 9.78. The van der Waals surface area contributed by atoms with E-state index in [0.29, 0.717) is 31.6 Å². The van der Waals surface area contributed by atoms with Crippen LogP contribution in [0.1, 0.15) is 165 Å². The van der Waals surface area contributed by atoms with Crippen LogP contribution in [0.2, 0.25) is 0 Å². The maximum atomic E-state index is 13.5. The molecule has 5 rings (SSSR count). The first-order valence-corrected chi connectivity index (χ1v) is 33.1. The van der Waals surface area contributed by atoms with Crippen LogP contribution < -0.4 is 0 Å². The number of hydrogen-bond donors (Lipinski definition) is 9. The molecule has 28 atom stereocenters. The number of aromatic nitrogens is 2. The number of ether oxygens (including phenoxy) is 7. The summed E-state index contributed by atoms with van der Waals surface area (Å²) >= 11 is 0. The number of hydrogen-bond acceptors (Lipinski definition) is 24. The number of aliphatic hydroxyl groups excluding tert-OH is 5. The second-order valence-electron chi connectivity index (χ2n) is 29.4. The second kappa shape index (κ2) is 32.8. The Kier molecular flexibility index (Phi) is 29.0. The number of aryl methyl sites for hydroxylation is 2. The first kappa shape index (κ1) is 80.4. The van der Waals surface area contributed by atoms with Crippen LogP contribution in [-0.4, -0.2) is 281 Å². The molecular formula is C66H122N6O19. The van der Waals surface area contributed by atoms with Crippen LogP contribution in [0.4, 0.5) is 0 Å². The number of likely N-dealkylation sites (N-methyl/N-ethyl adjacent to an activating group) is 4. The van der Waals surface area contributed by atoms with E-state index < -0.39 is 150 Å². The highest BCUT2D eigenvalue weighted by Gasteiger charge is 2.53. The third-order valence-electron chi connectivity index (χ3n) is 20.4. The van der Waals surface area contributed by atoms with Gasteiger partial charge in [-0.1, -0.05) is 41.5 Å². The van der Waals surface area contributed by atoms with E-state index >= 15 is 0 Å². The molecule has 0 unspecified atom stereocenters. The van der Waals surface area contributed by atoms with Gasteiger partial charge in [-0.05, 0) is 175 Å². The molecule has 4 aliphatic rings. The van der Waals surface area contributed by atoms with E-state index in [9.17, 15) is 60.3 Å². The van der Waals surface area contributed by atoms with Crippen LogP contribution in [0.25, 0.3) is 0 Å². The zero-order valence-corrected chi connectivity index (χ0v) is 59.4. The molecule has 0 amide bonds. The number of carbonyl (C=O) groups excluding carboxylic acids is 3. The van der Waals surface area contributed by atoms with E-state index in [1.807, 2.05) is 89.6 Å². The van der Waals surface area contributed by atoms with Crippen molar-refractivity contribution in [3.8, 4) is 0 Å². The number of rotatable bonds is 10. The van der Waals surface area contributed by atoms with Gasteiger partial charge in [0.25, 0.3) is 0 Å². The molecule has 25 nitrogen and oxygen atoms in total. The summed E-state index contributed by atoms with van der Waals surface area (Å²) in [4.78, 5) is 48.0. The Hall–Kier alpha value is -3.06. The van der Waals surface area contributed by atoms with Gasteiger partial charge in [-0.25, -0.2) is 4.79 Å². The van der Waals surface area contributed by atoms with Crippen LogP contribution in [0.5, 0.6) is 0 Å². The zero-order valence-electron chi connectivity index (χ0n) is 59.4. The molecule has 4 aliphatic heterocycles. The lowest BCUT2D eigenvalue weighted by Gasteiger charge is -2.47. The van der Waals surface area contributed by atoms with Gasteiger partial charge in [-0.3, -0.25) is 14.3 Å². The first-order chi connectivity index (χ1) is 41.8. The molecule has 5 heterocycles. The van der Waals surface area contributed by atoms with Gasteiger partial charge in [-0.15, -0.1) is 0 Å². The van der Waals surface area contributed by atoms with E-state index in [4.69, 9.17) is 33.2 Å². The quantitative estimate of drug-likeness (QED) is 0.120. The van der Waals surface area contributed by atoms with Gasteiger partial charge in [0.15, 0.2) is 18.7 Å². The smallest absolute Gasteiger partial charge is 0.357 e. The van der Waals surface area contributed by atoms with Crippen LogP contribution >= 0.6 is 0 Å². The number of cyclic esters (lactones) is 2. The summed E-state index contributed by atoms with van der Waals surface area (Å²) in [6.45, 7) is 30.1. The van der Waals surface area contributed by atoms with Crippen molar-refractivity contribution in [3.63, 3.8) is 0 Å². The van der Waals surface area contributed by atoms with Crippen molar-refractivity contribution < 1.29 is 93.5 Å². The number of carbonyl (C=O) groups is 3. The SMILES string of the molecule is CC[C@H]1OC(=O)[C@H](C)[C@@H](O)[C@H](C)[C@@H](O[C@@H]2O[C@H](C)C[C@H](N(C)C)[C@H]2O)[C@](C)(O)C[C@@H](C)CN(C)[C@H](C)[C@@H](O)[C@]1(C)O.CC[C@H]1OC(=O)[C@H](C)[C@@H](O)[C@H](C)[C@@H](O[C@@H]2O[C@H](C)C[C@H](N(C)C)[C@H]2OC(=O)c2cc(C)nn2C)[C@](C)(O)C[C@@H](C)CN(C)[C@H](C)[C@@H](O)[C@]1(C)O. The van der Waals surface area contributed by atoms with Crippen molar-refractivity contribution in [1.82, 2.24) is 29.4 Å². The van der Waals surface area contributed by atoms with Crippen LogP contribution in [0, 0.1) is 42.4 Å². The third kappa shape index (κ3) is 19.6. The molecule has 1 aromatic rings. The van der Waals surface area contributed by atoms with E-state index in [1.165, 1.54) is 32.4 Å². The van der Waals surface area contributed by atoms with Crippen molar-refractivity contribution in [1.29, 1.82) is 0 Å². The lowest BCUT2D eigenvalue weighted by molar-refractivity contribution is -0.299. The minimum absolute atomic E-state index is 0.0990. The van der Waals surface area contributed by atoms with Gasteiger partial charge >= 0.3 is 17.9 Å². The van der Waals surface area contributed by atoms with E-state index in [0.717, 1.165) is 0 Å². The Morgan fingerprint density at radius 1 is 0.615 bits per heavy atom. The molecule has 0 aromatic carbocycles. The molecular weight excluding hydrogens is 1180 g/mol. The van der Waals surface area contributed by atoms with Crippen LogP contribution in [0.15, 0.2) is 6.07 Å². The fourth-order valence-corrected chi connectivity index (χ4v) is 14.6. The maximum Gasteiger partial charge on any atom is 0.357 e. The third-order valence-corrected chi connectivity index (χ3v) is 20.4. The molecule has 0 aliphatic carbocycles. The molecule has 1 aromatic heterocycles. The Morgan fingerprint density at radius 2 is 0.989 bits per heavy atom. The zero-order chi connectivity index (χ0) is 69.7. The molecule has 25 heteroatoms. The number of nitrogens with zero attached hydrogens (tertiary/aromatic N) is 6. The predicted molar refractivity (Wildman–Crippen MR) is 341 cm³/mol. The Balaban J connectivity index is 0.000000396. The fraction of sp³-hybridized carbons (Fsp3) is 0.909. The van der Waals surface area contributed by atoms with Crippen molar-refractivity contribution >= 4 is 17.9 Å². The standard InChI is InChI=1S/C36H64N4O10.C30H58N2O9/c1-14-27-36(9,46)30(42)24(7)39(12)18-19(2)17-35(8,45)31(22(5)28(41)23(6)32(43)48-27)50-34-29(25(38(10)11)16-21(4)47-34)49-33(44)26-15-20(3)37-40(26)13;1-12-22-30(8,38)25(35)20(6)32(11)15-16(2)14-29(7,37)26(18(4)23(33)19(5)27(36)40-22)41-28-24(34)21(31(9)10)13-17(3)39-28/h15,19,21-25,27-31,34,41-42,45-46H,14,16-18H2,1-13H3;16-26,28,33-35,37-38H,12-15H2,1-11H3/t19-,21-,22+,23-,24-,25+,27-,28+,29-,30-,31-,34+,35-,36-;16-,17-,18+,19-,20-,21+,22-,23+,24-,25-,26-,28+,29-,30-/m11/s1. The number of esters is 3. The summed E-state index contributed by atoms with van der Waals surface area (Å²) in [5.74, 6) is -6.14. The number of aliphatic hydroxyl groups is 9. The van der Waals surface area contributed by atoms with Crippen molar-refractivity contribution in [2.24, 2.45) is 42.6 Å². The molecule has 0 saturated carbocycles. The molecule has 0 radical (unpaired) electrons. The van der Waals surface area contributed by atoms with Gasteiger partial charge in [0, 0.05) is 50.1 Å². The van der Waals surface area contributed by atoms with Crippen molar-refractivity contribution in [2.75, 3.05) is 55.4 Å². The molecule has 4 fully saturated rings. The van der Waals surface area contributed by atoms with Gasteiger partial charge in [0.2, 0.25) is 0 Å². The molecule has 0 spiro atoms. The maximum absolute atomic E-state index is 13.5. The van der Waals surface area contributed by atoms with Gasteiger partial charge < -0.3 is 98.7 Å². The van der Waals surface area contributed by atoms with Crippen molar-refractivity contribution in [3.05, 3.63) is 17.5 Å². The highest BCUT2D eigenvalue weighted by molar-refractivity contribution is 5.87. The first-order valence-electron chi connectivity index (χ1n) is 33.1. The molecule has 530 valence electrons. The molecule has 4 saturated heterocycles. The summed E-state index contributed by atoms with van der Waals surface area (Å²) in [5, 5.41) is 108. The minimum atomic E-state index is -1.78. The lowest BCUT2D eigenvalue weighted by Crippen LogP contribution is -2.60. The average molecular weight is 1300 g/mol. The molecule has 9 N–H and O–H groups in total. The van der Waals surface area contributed by atoms with Crippen LogP contribution in [0.3, 0.4) is 0 Å².